The Kier molecular flexibility index (Phi) is 2.74. The summed E-state index contributed by atoms with van der Waals surface area (Å²) in [6, 6.07) is 5.58. The van der Waals surface area contributed by atoms with Crippen molar-refractivity contribution in [2.45, 2.75) is 18.3 Å². The summed E-state index contributed by atoms with van der Waals surface area (Å²) in [4.78, 5) is 24.6. The molecule has 5 nitrogen and oxygen atoms in total. The Morgan fingerprint density at radius 1 is 1.21 bits per heavy atom. The van der Waals surface area contributed by atoms with Crippen molar-refractivity contribution in [3.05, 3.63) is 42.6 Å². The zero-order valence-corrected chi connectivity index (χ0v) is 10.5. The minimum Gasteiger partial charge on any atom is -0.468 e. The van der Waals surface area contributed by atoms with Gasteiger partial charge < -0.3 is 4.74 Å². The third kappa shape index (κ3) is 1.97. The first-order chi connectivity index (χ1) is 9.26. The van der Waals surface area contributed by atoms with Crippen LogP contribution in [0.2, 0.25) is 0 Å². The van der Waals surface area contributed by atoms with Gasteiger partial charge in [-0.1, -0.05) is 0 Å². The van der Waals surface area contributed by atoms with Gasteiger partial charge in [-0.25, -0.2) is 9.97 Å². The van der Waals surface area contributed by atoms with Gasteiger partial charge in [0.25, 0.3) is 0 Å². The van der Waals surface area contributed by atoms with E-state index in [-0.39, 0.29) is 5.97 Å². The second-order valence-corrected chi connectivity index (χ2v) is 4.58. The van der Waals surface area contributed by atoms with Crippen LogP contribution in [0, 0.1) is 0 Å². The van der Waals surface area contributed by atoms with Crippen LogP contribution in [0.25, 0.3) is 11.3 Å². The van der Waals surface area contributed by atoms with Gasteiger partial charge in [-0.3, -0.25) is 9.78 Å². The molecule has 2 heterocycles. The first-order valence-corrected chi connectivity index (χ1v) is 6.09. The first kappa shape index (κ1) is 11.8. The lowest BCUT2D eigenvalue weighted by Gasteiger charge is -2.11. The van der Waals surface area contributed by atoms with Crippen LogP contribution >= 0.6 is 0 Å². The van der Waals surface area contributed by atoms with E-state index in [1.807, 2.05) is 18.2 Å². The molecule has 19 heavy (non-hydrogen) atoms. The molecular formula is C14H13N3O2. The Morgan fingerprint density at radius 3 is 2.58 bits per heavy atom. The van der Waals surface area contributed by atoms with Gasteiger partial charge in [0.2, 0.25) is 0 Å². The smallest absolute Gasteiger partial charge is 0.319 e. The molecule has 1 aliphatic carbocycles. The lowest BCUT2D eigenvalue weighted by atomic mass is 10.1. The van der Waals surface area contributed by atoms with Crippen LogP contribution in [0.3, 0.4) is 0 Å². The highest BCUT2D eigenvalue weighted by Crippen LogP contribution is 2.47. The van der Waals surface area contributed by atoms with E-state index in [0.29, 0.717) is 5.82 Å². The van der Waals surface area contributed by atoms with Gasteiger partial charge in [0.05, 0.1) is 12.8 Å². The zero-order chi connectivity index (χ0) is 13.3. The van der Waals surface area contributed by atoms with E-state index >= 15 is 0 Å². The minimum atomic E-state index is -0.627. The Hall–Kier alpha value is -2.30. The van der Waals surface area contributed by atoms with E-state index < -0.39 is 5.41 Å². The lowest BCUT2D eigenvalue weighted by Crippen LogP contribution is -2.24. The van der Waals surface area contributed by atoms with E-state index in [1.165, 1.54) is 7.11 Å². The van der Waals surface area contributed by atoms with E-state index in [4.69, 9.17) is 4.74 Å². The van der Waals surface area contributed by atoms with Crippen LogP contribution < -0.4 is 0 Å². The van der Waals surface area contributed by atoms with E-state index in [2.05, 4.69) is 15.0 Å². The summed E-state index contributed by atoms with van der Waals surface area (Å²) in [5.41, 5.74) is 1.12. The Bertz CT molecular complexity index is 609. The molecular weight excluding hydrogens is 242 g/mol. The molecule has 0 spiro atoms. The molecule has 0 N–H and O–H groups in total. The average Bonchev–Trinajstić information content (AvgIpc) is 3.29. The van der Waals surface area contributed by atoms with Crippen LogP contribution in [0.4, 0.5) is 0 Å². The highest BCUT2D eigenvalue weighted by molar-refractivity contribution is 5.85. The maximum atomic E-state index is 11.8. The second kappa shape index (κ2) is 4.42. The summed E-state index contributed by atoms with van der Waals surface area (Å²) < 4.78 is 4.85. The van der Waals surface area contributed by atoms with Crippen LogP contribution in [0.15, 0.2) is 36.8 Å². The Morgan fingerprint density at radius 2 is 1.95 bits per heavy atom. The van der Waals surface area contributed by atoms with E-state index in [1.54, 1.807) is 18.6 Å². The lowest BCUT2D eigenvalue weighted by molar-refractivity contribution is -0.143. The van der Waals surface area contributed by atoms with E-state index in [9.17, 15) is 4.79 Å². The summed E-state index contributed by atoms with van der Waals surface area (Å²) >= 11 is 0. The maximum absolute atomic E-state index is 11.8. The van der Waals surface area contributed by atoms with Crippen molar-refractivity contribution >= 4 is 5.97 Å². The summed E-state index contributed by atoms with van der Waals surface area (Å²) in [5, 5.41) is 0. The normalized spacial score (nSPS) is 15.8. The molecule has 1 saturated carbocycles. The molecule has 0 bridgehead atoms. The van der Waals surface area contributed by atoms with Crippen LogP contribution in [-0.4, -0.2) is 28.0 Å². The SMILES string of the molecule is COC(=O)C1(c2nccc(-c3ccncc3)n2)CC1. The Balaban J connectivity index is 2.00. The zero-order valence-electron chi connectivity index (χ0n) is 10.5. The number of methoxy groups -OCH3 is 1. The van der Waals surface area contributed by atoms with Gasteiger partial charge in [-0.05, 0) is 31.0 Å². The molecule has 0 aromatic carbocycles. The third-order valence-electron chi connectivity index (χ3n) is 3.39. The molecule has 0 unspecified atom stereocenters. The standard InChI is InChI=1S/C14H13N3O2/c1-19-13(18)14(5-6-14)12-16-9-4-11(17-12)10-2-7-15-8-3-10/h2-4,7-9H,5-6H2,1H3. The van der Waals surface area contributed by atoms with Crippen molar-refractivity contribution in [1.29, 1.82) is 0 Å². The first-order valence-electron chi connectivity index (χ1n) is 6.09. The van der Waals surface area contributed by atoms with Crippen LogP contribution in [-0.2, 0) is 14.9 Å². The van der Waals surface area contributed by atoms with Crippen LogP contribution in [0.5, 0.6) is 0 Å². The molecule has 0 atom stereocenters. The number of pyridine rings is 1. The summed E-state index contributed by atoms with van der Waals surface area (Å²) in [7, 11) is 1.40. The second-order valence-electron chi connectivity index (χ2n) is 4.58. The molecule has 0 radical (unpaired) electrons. The number of aromatic nitrogens is 3. The molecule has 2 aromatic heterocycles. The molecule has 1 aliphatic rings. The largest absolute Gasteiger partial charge is 0.468 e. The van der Waals surface area contributed by atoms with E-state index in [0.717, 1.165) is 24.1 Å². The molecule has 0 saturated heterocycles. The fourth-order valence-electron chi connectivity index (χ4n) is 2.11. The quantitative estimate of drug-likeness (QED) is 0.782. The predicted octanol–water partition coefficient (Wildman–Crippen LogP) is 1.74. The number of nitrogens with zero attached hydrogens (tertiary/aromatic N) is 3. The van der Waals surface area contributed by atoms with Gasteiger partial charge in [0.15, 0.2) is 0 Å². The summed E-state index contributed by atoms with van der Waals surface area (Å²) in [6.07, 6.45) is 6.61. The van der Waals surface area contributed by atoms with Crippen molar-refractivity contribution in [1.82, 2.24) is 15.0 Å². The molecule has 2 aromatic rings. The van der Waals surface area contributed by atoms with Gasteiger partial charge in [0, 0.05) is 24.2 Å². The monoisotopic (exact) mass is 255 g/mol. The van der Waals surface area contributed by atoms with Gasteiger partial charge in [-0.2, -0.15) is 0 Å². The highest BCUT2D eigenvalue weighted by Gasteiger charge is 2.55. The number of hydrogen-bond donors (Lipinski definition) is 0. The van der Waals surface area contributed by atoms with Crippen LogP contribution in [0.1, 0.15) is 18.7 Å². The molecule has 0 amide bonds. The maximum Gasteiger partial charge on any atom is 0.319 e. The van der Waals surface area contributed by atoms with Crippen molar-refractivity contribution < 1.29 is 9.53 Å². The van der Waals surface area contributed by atoms with Gasteiger partial charge >= 0.3 is 5.97 Å². The molecule has 3 rings (SSSR count). The summed E-state index contributed by atoms with van der Waals surface area (Å²) in [5.74, 6) is 0.299. The number of ether oxygens (including phenoxy) is 1. The topological polar surface area (TPSA) is 65.0 Å². The molecule has 5 heteroatoms. The van der Waals surface area contributed by atoms with Gasteiger partial charge in [0.1, 0.15) is 11.2 Å². The van der Waals surface area contributed by atoms with Crippen molar-refractivity contribution in [2.24, 2.45) is 0 Å². The number of hydrogen-bond acceptors (Lipinski definition) is 5. The predicted molar refractivity (Wildman–Crippen MR) is 68.2 cm³/mol. The molecule has 1 fully saturated rings. The highest BCUT2D eigenvalue weighted by atomic mass is 16.5. The molecule has 0 aliphatic heterocycles. The number of rotatable bonds is 3. The fourth-order valence-corrected chi connectivity index (χ4v) is 2.11. The van der Waals surface area contributed by atoms with Crippen molar-refractivity contribution in [3.8, 4) is 11.3 Å². The Labute approximate surface area is 110 Å². The third-order valence-corrected chi connectivity index (χ3v) is 3.39. The minimum absolute atomic E-state index is 0.251. The van der Waals surface area contributed by atoms with Crippen molar-refractivity contribution in [2.75, 3.05) is 7.11 Å². The number of esters is 1. The number of carbonyl (C=O) groups excluding carboxylic acids is 1. The van der Waals surface area contributed by atoms with Gasteiger partial charge in [-0.15, -0.1) is 0 Å². The summed E-state index contributed by atoms with van der Waals surface area (Å²) in [6.45, 7) is 0. The van der Waals surface area contributed by atoms with Crippen molar-refractivity contribution in [3.63, 3.8) is 0 Å². The average molecular weight is 255 g/mol. The molecule has 96 valence electrons. The fraction of sp³-hybridized carbons (Fsp3) is 0.286. The number of carbonyl (C=O) groups is 1.